The number of ether oxygens (including phenoxy) is 1. The van der Waals surface area contributed by atoms with Crippen LogP contribution in [0, 0.1) is 0 Å². The third-order valence-electron chi connectivity index (χ3n) is 8.68. The Labute approximate surface area is 267 Å². The van der Waals surface area contributed by atoms with Crippen molar-refractivity contribution in [1.82, 2.24) is 10.6 Å². The van der Waals surface area contributed by atoms with Gasteiger partial charge in [0.05, 0.1) is 11.9 Å². The van der Waals surface area contributed by atoms with Crippen LogP contribution in [0.25, 0.3) is 0 Å². The molecule has 2 aliphatic rings. The second-order valence-electron chi connectivity index (χ2n) is 11.9. The van der Waals surface area contributed by atoms with Gasteiger partial charge in [-0.2, -0.15) is 0 Å². The monoisotopic (exact) mass is 616 g/mol. The average Bonchev–Trinajstić information content (AvgIpc) is 3.07. The summed E-state index contributed by atoms with van der Waals surface area (Å²) in [5.74, 6) is -0.509. The molecule has 2 aliphatic carbocycles. The van der Waals surface area contributed by atoms with Crippen LogP contribution in [0.4, 0.5) is 0 Å². The fraction of sp³-hybridized carbons (Fsp3) is 0.459. The maximum absolute atomic E-state index is 11.8. The SMILES string of the molecule is C1CCC(NC2CCCCC2)CC1.COc1ccc(C(SC[C@@H](NC(C)=O)C(=O)O)(c2ccccc2)c2ccccc2)cc1. The van der Waals surface area contributed by atoms with Gasteiger partial charge in [0, 0.05) is 24.8 Å². The van der Waals surface area contributed by atoms with E-state index in [0.29, 0.717) is 0 Å². The summed E-state index contributed by atoms with van der Waals surface area (Å²) in [6, 6.07) is 28.5. The van der Waals surface area contributed by atoms with Gasteiger partial charge in [0.15, 0.2) is 0 Å². The minimum atomic E-state index is -1.06. The number of thioether (sulfide) groups is 1. The summed E-state index contributed by atoms with van der Waals surface area (Å²) >= 11 is 1.48. The average molecular weight is 617 g/mol. The van der Waals surface area contributed by atoms with Crippen LogP contribution in [0.5, 0.6) is 5.75 Å². The summed E-state index contributed by atoms with van der Waals surface area (Å²) in [5, 5.41) is 16.1. The van der Waals surface area contributed by atoms with Gasteiger partial charge in [-0.3, -0.25) is 4.79 Å². The van der Waals surface area contributed by atoms with Crippen LogP contribution in [0.15, 0.2) is 84.9 Å². The van der Waals surface area contributed by atoms with Crippen molar-refractivity contribution < 1.29 is 19.4 Å². The Kier molecular flexibility index (Phi) is 13.2. The molecule has 0 radical (unpaired) electrons. The van der Waals surface area contributed by atoms with E-state index in [1.54, 1.807) is 7.11 Å². The van der Waals surface area contributed by atoms with E-state index in [0.717, 1.165) is 34.5 Å². The van der Waals surface area contributed by atoms with Gasteiger partial charge in [-0.1, -0.05) is 111 Å². The highest BCUT2D eigenvalue weighted by atomic mass is 32.2. The number of benzene rings is 3. The normalized spacial score (nSPS) is 16.7. The molecule has 2 fully saturated rings. The fourth-order valence-corrected chi connectivity index (χ4v) is 7.97. The smallest absolute Gasteiger partial charge is 0.327 e. The van der Waals surface area contributed by atoms with Gasteiger partial charge >= 0.3 is 5.97 Å². The predicted molar refractivity (Wildman–Crippen MR) is 180 cm³/mol. The van der Waals surface area contributed by atoms with Crippen LogP contribution in [0.1, 0.15) is 87.8 Å². The van der Waals surface area contributed by atoms with Crippen LogP contribution in [0.2, 0.25) is 0 Å². The van der Waals surface area contributed by atoms with Crippen molar-refractivity contribution in [1.29, 1.82) is 0 Å². The number of carbonyl (C=O) groups excluding carboxylic acids is 1. The Hall–Kier alpha value is -3.29. The Balaban J connectivity index is 0.000000281. The van der Waals surface area contributed by atoms with Crippen LogP contribution in [-0.4, -0.2) is 48.0 Å². The summed E-state index contributed by atoms with van der Waals surface area (Å²) in [6.45, 7) is 1.33. The van der Waals surface area contributed by atoms with Crippen LogP contribution < -0.4 is 15.4 Å². The van der Waals surface area contributed by atoms with Crippen LogP contribution in [0.3, 0.4) is 0 Å². The number of amides is 1. The number of methoxy groups -OCH3 is 1. The number of nitrogens with one attached hydrogen (secondary N) is 2. The van der Waals surface area contributed by atoms with Crippen molar-refractivity contribution in [2.45, 2.75) is 94.0 Å². The highest BCUT2D eigenvalue weighted by molar-refractivity contribution is 8.00. The molecular formula is C37H48N2O4S. The molecule has 1 atom stereocenters. The van der Waals surface area contributed by atoms with E-state index in [-0.39, 0.29) is 11.7 Å². The Morgan fingerprint density at radius 3 is 1.64 bits per heavy atom. The molecule has 3 N–H and O–H groups in total. The van der Waals surface area contributed by atoms with E-state index in [9.17, 15) is 14.7 Å². The molecule has 0 spiro atoms. The first-order chi connectivity index (χ1) is 21.4. The second kappa shape index (κ2) is 17.3. The topological polar surface area (TPSA) is 87.7 Å². The summed E-state index contributed by atoms with van der Waals surface area (Å²) in [6.07, 6.45) is 14.6. The Morgan fingerprint density at radius 2 is 1.23 bits per heavy atom. The van der Waals surface area contributed by atoms with Crippen molar-refractivity contribution in [2.24, 2.45) is 0 Å². The lowest BCUT2D eigenvalue weighted by atomic mass is 9.84. The van der Waals surface area contributed by atoms with Crippen molar-refractivity contribution in [2.75, 3.05) is 12.9 Å². The van der Waals surface area contributed by atoms with E-state index in [4.69, 9.17) is 4.74 Å². The minimum Gasteiger partial charge on any atom is -0.497 e. The second-order valence-corrected chi connectivity index (χ2v) is 13.1. The molecule has 0 saturated heterocycles. The van der Waals surface area contributed by atoms with Crippen LogP contribution in [-0.2, 0) is 14.3 Å². The van der Waals surface area contributed by atoms with E-state index in [1.807, 2.05) is 84.9 Å². The predicted octanol–water partition coefficient (Wildman–Crippen LogP) is 7.55. The zero-order valence-electron chi connectivity index (χ0n) is 26.2. The van der Waals surface area contributed by atoms with Gasteiger partial charge in [-0.25, -0.2) is 4.79 Å². The lowest BCUT2D eigenvalue weighted by Crippen LogP contribution is -2.42. The first-order valence-corrected chi connectivity index (χ1v) is 17.1. The van der Waals surface area contributed by atoms with Crippen molar-refractivity contribution >= 4 is 23.6 Å². The molecule has 0 aliphatic heterocycles. The van der Waals surface area contributed by atoms with E-state index in [2.05, 4.69) is 10.6 Å². The molecule has 44 heavy (non-hydrogen) atoms. The summed E-state index contributed by atoms with van der Waals surface area (Å²) < 4.78 is 4.66. The van der Waals surface area contributed by atoms with E-state index < -0.39 is 16.8 Å². The molecular weight excluding hydrogens is 568 g/mol. The lowest BCUT2D eigenvalue weighted by Gasteiger charge is -2.36. The third-order valence-corrected chi connectivity index (χ3v) is 10.3. The molecule has 0 unspecified atom stereocenters. The fourth-order valence-electron chi connectivity index (χ4n) is 6.42. The van der Waals surface area contributed by atoms with E-state index >= 15 is 0 Å². The molecule has 0 aromatic heterocycles. The molecule has 1 amide bonds. The molecule has 3 aromatic carbocycles. The number of hydrogen-bond acceptors (Lipinski definition) is 5. The zero-order valence-corrected chi connectivity index (χ0v) is 27.0. The number of carbonyl (C=O) groups is 2. The minimum absolute atomic E-state index is 0.185. The van der Waals surface area contributed by atoms with E-state index in [1.165, 1.54) is 82.9 Å². The molecule has 236 valence electrons. The van der Waals surface area contributed by atoms with Gasteiger partial charge in [0.1, 0.15) is 11.8 Å². The number of carboxylic acid groups (broad SMARTS) is 1. The van der Waals surface area contributed by atoms with Crippen molar-refractivity contribution in [3.8, 4) is 5.75 Å². The lowest BCUT2D eigenvalue weighted by molar-refractivity contribution is -0.140. The Morgan fingerprint density at radius 1 is 0.773 bits per heavy atom. The maximum atomic E-state index is 11.8. The quantitative estimate of drug-likeness (QED) is 0.193. The number of aliphatic carboxylic acids is 1. The largest absolute Gasteiger partial charge is 0.497 e. The Bertz CT molecular complexity index is 1220. The van der Waals surface area contributed by atoms with Gasteiger partial charge < -0.3 is 20.5 Å². The number of rotatable bonds is 11. The van der Waals surface area contributed by atoms with Crippen LogP contribution >= 0.6 is 11.8 Å². The molecule has 0 bridgehead atoms. The highest BCUT2D eigenvalue weighted by Crippen LogP contribution is 2.49. The van der Waals surface area contributed by atoms with Gasteiger partial charge in [0.2, 0.25) is 5.91 Å². The third kappa shape index (κ3) is 9.35. The molecule has 5 rings (SSSR count). The molecule has 0 heterocycles. The summed E-state index contributed by atoms with van der Waals surface area (Å²) in [7, 11) is 1.62. The zero-order chi connectivity index (χ0) is 31.2. The summed E-state index contributed by atoms with van der Waals surface area (Å²) in [4.78, 5) is 23.4. The van der Waals surface area contributed by atoms with Gasteiger partial charge in [0.25, 0.3) is 0 Å². The molecule has 2 saturated carbocycles. The van der Waals surface area contributed by atoms with Crippen molar-refractivity contribution in [3.63, 3.8) is 0 Å². The molecule has 6 nitrogen and oxygen atoms in total. The standard InChI is InChI=1S/C25H25NO4S.C12H23N/c1-18(27)26-23(24(28)29)17-31-25(19-9-5-3-6-10-19,20-11-7-4-8-12-20)21-13-15-22(30-2)16-14-21;1-3-7-11(8-4-1)13-12-9-5-2-6-10-12/h3-16,23H,17H2,1-2H3,(H,26,27)(H,28,29);11-13H,1-10H2/t23-;/m1./s1. The number of hydrogen-bond donors (Lipinski definition) is 3. The molecule has 3 aromatic rings. The van der Waals surface area contributed by atoms with Gasteiger partial charge in [-0.05, 0) is 54.5 Å². The van der Waals surface area contributed by atoms with Crippen molar-refractivity contribution in [3.05, 3.63) is 102 Å². The first kappa shape index (κ1) is 33.6. The highest BCUT2D eigenvalue weighted by Gasteiger charge is 2.38. The maximum Gasteiger partial charge on any atom is 0.327 e. The molecule has 7 heteroatoms. The van der Waals surface area contributed by atoms with Gasteiger partial charge in [-0.15, -0.1) is 11.8 Å². The number of carboxylic acids is 1. The first-order valence-electron chi connectivity index (χ1n) is 16.1. The summed E-state index contributed by atoms with van der Waals surface area (Å²) in [5.41, 5.74) is 3.02.